The molecule has 17 heavy (non-hydrogen) atoms. The lowest BCUT2D eigenvalue weighted by molar-refractivity contribution is 0.0693. The van der Waals surface area contributed by atoms with Gasteiger partial charge in [0.05, 0.1) is 11.6 Å². The van der Waals surface area contributed by atoms with Gasteiger partial charge in [-0.1, -0.05) is 0 Å². The number of imidazole rings is 1. The topological polar surface area (TPSA) is 74.8 Å². The van der Waals surface area contributed by atoms with Crippen LogP contribution in [0.2, 0.25) is 0 Å². The first-order chi connectivity index (χ1) is 7.99. The molecule has 0 aromatic carbocycles. The van der Waals surface area contributed by atoms with E-state index in [1.807, 2.05) is 13.0 Å². The number of fused-ring (bicyclic) bond motifs is 1. The van der Waals surface area contributed by atoms with Gasteiger partial charge in [-0.05, 0) is 31.5 Å². The molecule has 0 radical (unpaired) electrons. The number of pyridine rings is 1. The molecule has 0 aliphatic heterocycles. The summed E-state index contributed by atoms with van der Waals surface area (Å²) in [7, 11) is 0. The summed E-state index contributed by atoms with van der Waals surface area (Å²) in [4.78, 5) is 15.2. The number of carbonyl (C=O) groups is 1. The SMILES string of the molecule is Cc1ccn2c(CC(C)O)nc(C(=O)O)c2c1. The monoisotopic (exact) mass is 234 g/mol. The average Bonchev–Trinajstić information content (AvgIpc) is 2.55. The molecule has 0 aliphatic rings. The first-order valence-electron chi connectivity index (χ1n) is 5.38. The fourth-order valence-corrected chi connectivity index (χ4v) is 1.82. The van der Waals surface area contributed by atoms with Crippen molar-refractivity contribution in [2.75, 3.05) is 0 Å². The maximum absolute atomic E-state index is 11.1. The van der Waals surface area contributed by atoms with Crippen molar-refractivity contribution in [3.63, 3.8) is 0 Å². The molecule has 2 rings (SSSR count). The van der Waals surface area contributed by atoms with Crippen molar-refractivity contribution in [3.8, 4) is 0 Å². The van der Waals surface area contributed by atoms with E-state index in [2.05, 4.69) is 4.98 Å². The predicted molar refractivity (Wildman–Crippen MR) is 62.3 cm³/mol. The normalized spacial score (nSPS) is 12.9. The Morgan fingerprint density at radius 3 is 2.88 bits per heavy atom. The van der Waals surface area contributed by atoms with E-state index in [0.717, 1.165) is 5.56 Å². The number of aromatic carboxylic acids is 1. The fourth-order valence-electron chi connectivity index (χ4n) is 1.82. The summed E-state index contributed by atoms with van der Waals surface area (Å²) in [6.45, 7) is 3.54. The van der Waals surface area contributed by atoms with Crippen molar-refractivity contribution in [2.24, 2.45) is 0 Å². The van der Waals surface area contributed by atoms with E-state index < -0.39 is 12.1 Å². The number of aromatic nitrogens is 2. The summed E-state index contributed by atoms with van der Waals surface area (Å²) in [5.41, 5.74) is 1.57. The minimum atomic E-state index is -1.05. The van der Waals surface area contributed by atoms with Gasteiger partial charge in [0.15, 0.2) is 5.69 Å². The molecule has 0 bridgehead atoms. The van der Waals surface area contributed by atoms with E-state index in [4.69, 9.17) is 5.11 Å². The van der Waals surface area contributed by atoms with Gasteiger partial charge in [0.25, 0.3) is 0 Å². The van der Waals surface area contributed by atoms with Crippen molar-refractivity contribution >= 4 is 11.5 Å². The fraction of sp³-hybridized carbons (Fsp3) is 0.333. The van der Waals surface area contributed by atoms with E-state index >= 15 is 0 Å². The molecular formula is C12H14N2O3. The lowest BCUT2D eigenvalue weighted by atomic mass is 10.2. The molecule has 0 aliphatic carbocycles. The Labute approximate surface area is 98.3 Å². The maximum atomic E-state index is 11.1. The predicted octanol–water partition coefficient (Wildman–Crippen LogP) is 1.26. The Bertz CT molecular complexity index is 572. The number of rotatable bonds is 3. The Kier molecular flexibility index (Phi) is 2.85. The van der Waals surface area contributed by atoms with Crippen LogP contribution < -0.4 is 0 Å². The van der Waals surface area contributed by atoms with E-state index in [9.17, 15) is 9.90 Å². The number of aryl methyl sites for hydroxylation is 1. The maximum Gasteiger partial charge on any atom is 0.356 e. The minimum absolute atomic E-state index is 0.0318. The number of nitrogens with zero attached hydrogens (tertiary/aromatic N) is 2. The van der Waals surface area contributed by atoms with Crippen LogP contribution in [0.4, 0.5) is 0 Å². The van der Waals surface area contributed by atoms with Crippen LogP contribution in [0.5, 0.6) is 0 Å². The van der Waals surface area contributed by atoms with Gasteiger partial charge >= 0.3 is 5.97 Å². The van der Waals surface area contributed by atoms with Gasteiger partial charge in [0.1, 0.15) is 5.82 Å². The lowest BCUT2D eigenvalue weighted by Gasteiger charge is -2.03. The smallest absolute Gasteiger partial charge is 0.356 e. The van der Waals surface area contributed by atoms with Crippen LogP contribution in [0.15, 0.2) is 18.3 Å². The highest BCUT2D eigenvalue weighted by atomic mass is 16.4. The number of aliphatic hydroxyl groups excluding tert-OH is 1. The summed E-state index contributed by atoms with van der Waals surface area (Å²) in [6.07, 6.45) is 1.56. The van der Waals surface area contributed by atoms with E-state index in [1.54, 1.807) is 23.6 Å². The van der Waals surface area contributed by atoms with Crippen molar-refractivity contribution in [3.05, 3.63) is 35.4 Å². The average molecular weight is 234 g/mol. The Morgan fingerprint density at radius 2 is 2.29 bits per heavy atom. The zero-order valence-corrected chi connectivity index (χ0v) is 9.71. The van der Waals surface area contributed by atoms with E-state index in [-0.39, 0.29) is 5.69 Å². The standard InChI is InChI=1S/C12H14N2O3/c1-7-3-4-14-9(5-7)11(12(16)17)13-10(14)6-8(2)15/h3-5,8,15H,6H2,1-2H3,(H,16,17). The number of hydrogen-bond acceptors (Lipinski definition) is 3. The second-order valence-electron chi connectivity index (χ2n) is 4.19. The first-order valence-corrected chi connectivity index (χ1v) is 5.38. The molecule has 2 aromatic heterocycles. The lowest BCUT2D eigenvalue weighted by Crippen LogP contribution is -2.08. The van der Waals surface area contributed by atoms with E-state index in [1.165, 1.54) is 0 Å². The van der Waals surface area contributed by atoms with Crippen LogP contribution in [0.1, 0.15) is 28.8 Å². The van der Waals surface area contributed by atoms with Gasteiger partial charge in [-0.2, -0.15) is 0 Å². The quantitative estimate of drug-likeness (QED) is 0.838. The molecular weight excluding hydrogens is 220 g/mol. The summed E-state index contributed by atoms with van der Waals surface area (Å²) < 4.78 is 1.71. The van der Waals surface area contributed by atoms with Gasteiger partial charge in [-0.3, -0.25) is 0 Å². The molecule has 0 saturated heterocycles. The molecule has 0 spiro atoms. The summed E-state index contributed by atoms with van der Waals surface area (Å²) in [5.74, 6) is -0.489. The highest BCUT2D eigenvalue weighted by Gasteiger charge is 2.17. The van der Waals surface area contributed by atoms with Crippen LogP contribution in [0.3, 0.4) is 0 Å². The molecule has 90 valence electrons. The van der Waals surface area contributed by atoms with Gasteiger partial charge < -0.3 is 14.6 Å². The van der Waals surface area contributed by atoms with Gasteiger partial charge in [-0.25, -0.2) is 9.78 Å². The molecule has 1 unspecified atom stereocenters. The molecule has 5 nitrogen and oxygen atoms in total. The summed E-state index contributed by atoms with van der Waals surface area (Å²) >= 11 is 0. The van der Waals surface area contributed by atoms with Gasteiger partial charge in [0, 0.05) is 12.6 Å². The zero-order chi connectivity index (χ0) is 12.6. The Balaban J connectivity index is 2.66. The van der Waals surface area contributed by atoms with Crippen molar-refractivity contribution in [1.29, 1.82) is 0 Å². The van der Waals surface area contributed by atoms with Gasteiger partial charge in [0.2, 0.25) is 0 Å². The number of carboxylic acid groups (broad SMARTS) is 1. The molecule has 2 N–H and O–H groups in total. The number of hydrogen-bond donors (Lipinski definition) is 2. The molecule has 5 heteroatoms. The Morgan fingerprint density at radius 1 is 1.59 bits per heavy atom. The second-order valence-corrected chi connectivity index (χ2v) is 4.19. The van der Waals surface area contributed by atoms with Crippen LogP contribution in [0.25, 0.3) is 5.52 Å². The minimum Gasteiger partial charge on any atom is -0.476 e. The van der Waals surface area contributed by atoms with Crippen molar-refractivity contribution in [1.82, 2.24) is 9.38 Å². The van der Waals surface area contributed by atoms with Crippen LogP contribution in [0, 0.1) is 6.92 Å². The summed E-state index contributed by atoms with van der Waals surface area (Å²) in [5, 5.41) is 18.4. The third-order valence-corrected chi connectivity index (χ3v) is 2.55. The number of carboxylic acids is 1. The third kappa shape index (κ3) is 2.14. The zero-order valence-electron chi connectivity index (χ0n) is 9.71. The van der Waals surface area contributed by atoms with Crippen LogP contribution >= 0.6 is 0 Å². The first kappa shape index (κ1) is 11.6. The molecule has 0 saturated carbocycles. The second kappa shape index (κ2) is 4.18. The van der Waals surface area contributed by atoms with Gasteiger partial charge in [-0.15, -0.1) is 0 Å². The molecule has 2 heterocycles. The van der Waals surface area contributed by atoms with Crippen LogP contribution in [-0.4, -0.2) is 31.7 Å². The molecule has 0 amide bonds. The third-order valence-electron chi connectivity index (χ3n) is 2.55. The van der Waals surface area contributed by atoms with E-state index in [0.29, 0.717) is 17.8 Å². The largest absolute Gasteiger partial charge is 0.476 e. The Hall–Kier alpha value is -1.88. The highest BCUT2D eigenvalue weighted by Crippen LogP contribution is 2.16. The van der Waals surface area contributed by atoms with Crippen molar-refractivity contribution in [2.45, 2.75) is 26.4 Å². The molecule has 0 fully saturated rings. The van der Waals surface area contributed by atoms with Crippen molar-refractivity contribution < 1.29 is 15.0 Å². The number of aliphatic hydroxyl groups is 1. The molecule has 2 aromatic rings. The highest BCUT2D eigenvalue weighted by molar-refractivity contribution is 5.93. The summed E-state index contributed by atoms with van der Waals surface area (Å²) in [6, 6.07) is 3.66. The molecule has 1 atom stereocenters. The van der Waals surface area contributed by atoms with Crippen LogP contribution in [-0.2, 0) is 6.42 Å².